The largest absolute Gasteiger partial charge is 0.494 e. The van der Waals surface area contributed by atoms with Gasteiger partial charge < -0.3 is 19.4 Å². The van der Waals surface area contributed by atoms with Crippen molar-refractivity contribution >= 4 is 29.3 Å². The summed E-state index contributed by atoms with van der Waals surface area (Å²) in [6, 6.07) is 15.1. The summed E-state index contributed by atoms with van der Waals surface area (Å²) in [5.41, 5.74) is 0.280. The van der Waals surface area contributed by atoms with Gasteiger partial charge in [-0.3, -0.25) is 9.59 Å². The summed E-state index contributed by atoms with van der Waals surface area (Å²) >= 11 is 0. The molecule has 5 rings (SSSR count). The van der Waals surface area contributed by atoms with Crippen LogP contribution in [0.15, 0.2) is 66.7 Å². The number of piperazine rings is 1. The molecule has 0 aromatic heterocycles. The number of fused-ring (bicyclic) bond motifs is 1. The van der Waals surface area contributed by atoms with Gasteiger partial charge >= 0.3 is 6.18 Å². The van der Waals surface area contributed by atoms with Gasteiger partial charge in [-0.05, 0) is 42.0 Å². The van der Waals surface area contributed by atoms with Crippen LogP contribution in [0.5, 0.6) is 5.75 Å². The zero-order valence-electron chi connectivity index (χ0n) is 21.0. The first-order valence-electron chi connectivity index (χ1n) is 12.3. The lowest BCUT2D eigenvalue weighted by atomic mass is 10.0. The van der Waals surface area contributed by atoms with Crippen LogP contribution in [0.4, 0.5) is 28.9 Å². The second-order valence-electron chi connectivity index (χ2n) is 9.21. The predicted octanol–water partition coefficient (Wildman–Crippen LogP) is 5.62. The average molecular weight is 540 g/mol. The van der Waals surface area contributed by atoms with Gasteiger partial charge in [0, 0.05) is 44.0 Å². The summed E-state index contributed by atoms with van der Waals surface area (Å²) in [5, 5.41) is 0. The maximum atomic E-state index is 14.6. The molecule has 3 aromatic rings. The molecule has 0 spiro atoms. The number of rotatable bonds is 4. The van der Waals surface area contributed by atoms with Crippen molar-refractivity contribution in [3.8, 4) is 5.75 Å². The highest BCUT2D eigenvalue weighted by Gasteiger charge is 2.37. The third kappa shape index (κ3) is 5.06. The second-order valence-corrected chi connectivity index (χ2v) is 9.21. The van der Waals surface area contributed by atoms with E-state index >= 15 is 0 Å². The van der Waals surface area contributed by atoms with E-state index in [1.54, 1.807) is 23.1 Å². The number of hydrogen-bond donors (Lipinski definition) is 0. The van der Waals surface area contributed by atoms with E-state index in [-0.39, 0.29) is 55.3 Å². The highest BCUT2D eigenvalue weighted by molar-refractivity contribution is 5.97. The Balaban J connectivity index is 1.34. The van der Waals surface area contributed by atoms with E-state index in [1.165, 1.54) is 47.2 Å². The Bertz CT molecular complexity index is 1450. The lowest BCUT2D eigenvalue weighted by molar-refractivity contribution is -0.137. The van der Waals surface area contributed by atoms with Crippen LogP contribution >= 0.6 is 0 Å². The third-order valence-electron chi connectivity index (χ3n) is 6.92. The summed E-state index contributed by atoms with van der Waals surface area (Å²) in [7, 11) is 1.30. The normalized spacial score (nSPS) is 15.3. The van der Waals surface area contributed by atoms with E-state index in [4.69, 9.17) is 4.74 Å². The van der Waals surface area contributed by atoms with Crippen molar-refractivity contribution in [2.24, 2.45) is 0 Å². The molecule has 0 unspecified atom stereocenters. The first-order valence-corrected chi connectivity index (χ1v) is 12.3. The zero-order valence-corrected chi connectivity index (χ0v) is 21.0. The van der Waals surface area contributed by atoms with Gasteiger partial charge in [-0.2, -0.15) is 13.2 Å². The molecule has 1 fully saturated rings. The van der Waals surface area contributed by atoms with Crippen LogP contribution in [-0.2, 0) is 6.18 Å². The van der Waals surface area contributed by atoms with Gasteiger partial charge in [0.25, 0.3) is 11.8 Å². The standard InChI is InChI=1S/C29H25F4N3O3/c1-39-25-10-4-8-21(26(25)30)28(38)35-16-14-34(15-17-35)27(37)20-11-12-24(22(18-20)29(31,32)33)36-13-5-7-19-6-2-3-9-23(19)36/h2-12,18H,13-17H2,1H3. The predicted molar refractivity (Wildman–Crippen MR) is 139 cm³/mol. The molecule has 2 heterocycles. The molecular formula is C29H25F4N3O3. The third-order valence-corrected chi connectivity index (χ3v) is 6.92. The Morgan fingerprint density at radius 2 is 1.54 bits per heavy atom. The fourth-order valence-electron chi connectivity index (χ4n) is 4.92. The molecule has 10 heteroatoms. The fraction of sp³-hybridized carbons (Fsp3) is 0.241. The molecule has 0 N–H and O–H groups in total. The number of benzene rings is 3. The minimum atomic E-state index is -4.69. The molecule has 0 saturated carbocycles. The van der Waals surface area contributed by atoms with Gasteiger partial charge in [0.05, 0.1) is 23.9 Å². The highest BCUT2D eigenvalue weighted by Crippen LogP contribution is 2.42. The van der Waals surface area contributed by atoms with Crippen LogP contribution in [0.1, 0.15) is 31.8 Å². The summed E-state index contributed by atoms with van der Waals surface area (Å²) in [5.74, 6) is -1.93. The number of methoxy groups -OCH3 is 1. The van der Waals surface area contributed by atoms with Crippen LogP contribution in [0, 0.1) is 5.82 Å². The molecule has 2 aliphatic heterocycles. The summed E-state index contributed by atoms with van der Waals surface area (Å²) in [4.78, 5) is 30.5. The Morgan fingerprint density at radius 3 is 2.23 bits per heavy atom. The van der Waals surface area contributed by atoms with Crippen molar-refractivity contribution in [2.75, 3.05) is 44.7 Å². The topological polar surface area (TPSA) is 53.1 Å². The number of nitrogens with zero attached hydrogens (tertiary/aromatic N) is 3. The number of anilines is 2. The monoisotopic (exact) mass is 539 g/mol. The fourth-order valence-corrected chi connectivity index (χ4v) is 4.92. The number of alkyl halides is 3. The SMILES string of the molecule is COc1cccc(C(=O)N2CCN(C(=O)c3ccc(N4CC=Cc5ccccc54)c(C(F)(F)F)c3)CC2)c1F. The Hall–Kier alpha value is -4.34. The van der Waals surface area contributed by atoms with Crippen LogP contribution in [0.25, 0.3) is 6.08 Å². The Morgan fingerprint density at radius 1 is 0.846 bits per heavy atom. The van der Waals surface area contributed by atoms with Gasteiger partial charge in [0.15, 0.2) is 11.6 Å². The van der Waals surface area contributed by atoms with Crippen LogP contribution < -0.4 is 9.64 Å². The minimum absolute atomic E-state index is 0.0356. The highest BCUT2D eigenvalue weighted by atomic mass is 19.4. The molecule has 1 saturated heterocycles. The van der Waals surface area contributed by atoms with E-state index in [0.29, 0.717) is 5.69 Å². The number of hydrogen-bond acceptors (Lipinski definition) is 4. The average Bonchev–Trinajstić information content (AvgIpc) is 2.95. The number of carbonyl (C=O) groups is 2. The lowest BCUT2D eigenvalue weighted by Gasteiger charge is -2.35. The van der Waals surface area contributed by atoms with Gasteiger partial charge in [0.2, 0.25) is 0 Å². The van der Waals surface area contributed by atoms with Crippen molar-refractivity contribution in [3.05, 3.63) is 94.8 Å². The van der Waals surface area contributed by atoms with Gasteiger partial charge in [-0.25, -0.2) is 4.39 Å². The van der Waals surface area contributed by atoms with E-state index in [0.717, 1.165) is 11.6 Å². The maximum Gasteiger partial charge on any atom is 0.418 e. The molecule has 3 aromatic carbocycles. The quantitative estimate of drug-likeness (QED) is 0.404. The molecule has 2 aliphatic rings. The second kappa shape index (κ2) is 10.4. The number of para-hydroxylation sites is 1. The molecule has 0 radical (unpaired) electrons. The van der Waals surface area contributed by atoms with Crippen LogP contribution in [0.3, 0.4) is 0 Å². The molecular weight excluding hydrogens is 514 g/mol. The summed E-state index contributed by atoms with van der Waals surface area (Å²) in [6.07, 6.45) is -1.03. The van der Waals surface area contributed by atoms with E-state index in [2.05, 4.69) is 0 Å². The van der Waals surface area contributed by atoms with Crippen molar-refractivity contribution in [1.82, 2.24) is 9.80 Å². The first-order chi connectivity index (χ1) is 18.7. The number of ether oxygens (including phenoxy) is 1. The number of halogens is 4. The summed E-state index contributed by atoms with van der Waals surface area (Å²) < 4.78 is 62.1. The van der Waals surface area contributed by atoms with Crippen molar-refractivity contribution in [2.45, 2.75) is 6.18 Å². The smallest absolute Gasteiger partial charge is 0.418 e. The van der Waals surface area contributed by atoms with Crippen LogP contribution in [0.2, 0.25) is 0 Å². The van der Waals surface area contributed by atoms with Gasteiger partial charge in [-0.1, -0.05) is 36.4 Å². The van der Waals surface area contributed by atoms with Crippen molar-refractivity contribution in [1.29, 1.82) is 0 Å². The van der Waals surface area contributed by atoms with Gasteiger partial charge in [-0.15, -0.1) is 0 Å². The molecule has 6 nitrogen and oxygen atoms in total. The maximum absolute atomic E-state index is 14.6. The lowest BCUT2D eigenvalue weighted by Crippen LogP contribution is -2.50. The molecule has 202 valence electrons. The zero-order chi connectivity index (χ0) is 27.7. The van der Waals surface area contributed by atoms with E-state index < -0.39 is 29.4 Å². The van der Waals surface area contributed by atoms with Crippen molar-refractivity contribution in [3.63, 3.8) is 0 Å². The number of amides is 2. The van der Waals surface area contributed by atoms with E-state index in [9.17, 15) is 27.2 Å². The minimum Gasteiger partial charge on any atom is -0.494 e. The number of carbonyl (C=O) groups excluding carboxylic acids is 2. The Kier molecular flexibility index (Phi) is 7.03. The Labute approximate surface area is 222 Å². The molecule has 0 atom stereocenters. The van der Waals surface area contributed by atoms with E-state index in [1.807, 2.05) is 18.2 Å². The van der Waals surface area contributed by atoms with Crippen molar-refractivity contribution < 1.29 is 31.9 Å². The molecule has 0 aliphatic carbocycles. The molecule has 2 amide bonds. The molecule has 39 heavy (non-hydrogen) atoms. The molecule has 0 bridgehead atoms. The summed E-state index contributed by atoms with van der Waals surface area (Å²) in [6.45, 7) is 0.690. The van der Waals surface area contributed by atoms with Gasteiger partial charge in [0.1, 0.15) is 0 Å². The first kappa shape index (κ1) is 26.3. The van der Waals surface area contributed by atoms with Crippen LogP contribution in [-0.4, -0.2) is 61.4 Å².